The number of aromatic amines is 1. The highest BCUT2D eigenvalue weighted by atomic mass is 19.1. The van der Waals surface area contributed by atoms with Gasteiger partial charge in [-0.1, -0.05) is 13.8 Å². The molecule has 0 bridgehead atoms. The van der Waals surface area contributed by atoms with Crippen LogP contribution in [0.4, 0.5) is 10.1 Å². The van der Waals surface area contributed by atoms with Gasteiger partial charge in [-0.05, 0) is 56.7 Å². The van der Waals surface area contributed by atoms with Gasteiger partial charge >= 0.3 is 0 Å². The Morgan fingerprint density at radius 2 is 1.78 bits per heavy atom. The summed E-state index contributed by atoms with van der Waals surface area (Å²) >= 11 is 0. The van der Waals surface area contributed by atoms with Crippen molar-refractivity contribution < 1.29 is 14.0 Å². The van der Waals surface area contributed by atoms with Crippen molar-refractivity contribution in [3.05, 3.63) is 52.1 Å². The third kappa shape index (κ3) is 8.24. The minimum atomic E-state index is -0.427. The third-order valence-electron chi connectivity index (χ3n) is 6.54. The molecule has 1 aromatic carbocycles. The number of carbonyl (C=O) groups is 2. The summed E-state index contributed by atoms with van der Waals surface area (Å²) in [5.41, 5.74) is 9.75. The molecule has 9 heteroatoms. The molecule has 1 aliphatic heterocycles. The molecule has 2 aromatic rings. The maximum atomic E-state index is 13.8. The lowest BCUT2D eigenvalue weighted by molar-refractivity contribution is -0.103. The van der Waals surface area contributed by atoms with Crippen LogP contribution >= 0.6 is 0 Å². The normalized spacial score (nSPS) is 14.6. The molecule has 8 nitrogen and oxygen atoms in total. The first-order chi connectivity index (χ1) is 17.9. The highest BCUT2D eigenvalue weighted by Gasteiger charge is 2.19. The number of hydrogen-bond donors (Lipinski definition) is 4. The Balaban J connectivity index is 0.00000235. The minimum absolute atomic E-state index is 0.141. The van der Waals surface area contributed by atoms with Crippen LogP contribution < -0.4 is 16.4 Å². The van der Waals surface area contributed by atoms with E-state index in [0.717, 1.165) is 56.9 Å². The average Bonchev–Trinajstić information content (AvgIpc) is 3.19. The second-order valence-corrected chi connectivity index (χ2v) is 8.90. The monoisotopic (exact) mass is 514 g/mol. The number of aromatic nitrogens is 1. The molecule has 0 radical (unpaired) electrons. The van der Waals surface area contributed by atoms with Crippen molar-refractivity contribution in [2.24, 2.45) is 5.73 Å². The number of aldehydes is 1. The average molecular weight is 515 g/mol. The third-order valence-corrected chi connectivity index (χ3v) is 6.54. The Morgan fingerprint density at radius 1 is 1.14 bits per heavy atom. The summed E-state index contributed by atoms with van der Waals surface area (Å²) in [5.74, 6) is -0.568. The molecule has 3 rings (SSSR count). The molecule has 1 aliphatic rings. The van der Waals surface area contributed by atoms with Gasteiger partial charge in [0.25, 0.3) is 5.91 Å². The smallest absolute Gasteiger partial charge is 0.253 e. The molecule has 0 saturated carbocycles. The fraction of sp³-hybridized carbons (Fsp3) is 0.500. The molecule has 0 spiro atoms. The number of nitrogens with zero attached hydrogens (tertiary/aromatic N) is 2. The summed E-state index contributed by atoms with van der Waals surface area (Å²) < 4.78 is 13.8. The van der Waals surface area contributed by atoms with Crippen LogP contribution in [0.25, 0.3) is 11.6 Å². The number of rotatable bonds is 11. The van der Waals surface area contributed by atoms with Gasteiger partial charge in [-0.3, -0.25) is 14.5 Å². The summed E-state index contributed by atoms with van der Waals surface area (Å²) in [4.78, 5) is 32.8. The molecule has 1 amide bonds. The maximum Gasteiger partial charge on any atom is 0.253 e. The van der Waals surface area contributed by atoms with Crippen LogP contribution in [0, 0.1) is 19.7 Å². The molecule has 1 fully saturated rings. The molecule has 0 aliphatic carbocycles. The second kappa shape index (κ2) is 15.3. The van der Waals surface area contributed by atoms with Crippen LogP contribution in [0.5, 0.6) is 0 Å². The number of piperazine rings is 1. The first-order valence-corrected chi connectivity index (χ1v) is 13.1. The van der Waals surface area contributed by atoms with E-state index in [1.165, 1.54) is 12.1 Å². The lowest BCUT2D eigenvalue weighted by Gasteiger charge is -2.34. The zero-order valence-corrected chi connectivity index (χ0v) is 22.9. The molecular weight excluding hydrogens is 471 g/mol. The van der Waals surface area contributed by atoms with E-state index in [4.69, 9.17) is 5.73 Å². The first kappa shape index (κ1) is 30.2. The highest BCUT2D eigenvalue weighted by Crippen LogP contribution is 2.27. The van der Waals surface area contributed by atoms with E-state index in [0.29, 0.717) is 47.5 Å². The van der Waals surface area contributed by atoms with E-state index >= 15 is 0 Å². The first-order valence-electron chi connectivity index (χ1n) is 13.1. The molecule has 204 valence electrons. The van der Waals surface area contributed by atoms with Gasteiger partial charge in [0.05, 0.1) is 5.56 Å². The topological polar surface area (TPSA) is 106 Å². The van der Waals surface area contributed by atoms with Gasteiger partial charge in [0.15, 0.2) is 6.29 Å². The number of anilines is 1. The van der Waals surface area contributed by atoms with Crippen LogP contribution in [0.3, 0.4) is 0 Å². The van der Waals surface area contributed by atoms with E-state index in [2.05, 4.69) is 25.4 Å². The quantitative estimate of drug-likeness (QED) is 0.208. The Bertz CT molecular complexity index is 1060. The summed E-state index contributed by atoms with van der Waals surface area (Å²) in [5, 5.41) is 6.01. The lowest BCUT2D eigenvalue weighted by Crippen LogP contribution is -2.48. The molecular formula is C28H43FN6O2. The number of H-pyrrole nitrogens is 1. The summed E-state index contributed by atoms with van der Waals surface area (Å²) in [6, 6.07) is 4.25. The maximum absolute atomic E-state index is 13.8. The second-order valence-electron chi connectivity index (χ2n) is 8.90. The molecule has 1 saturated heterocycles. The molecule has 0 atom stereocenters. The molecule has 1 aromatic heterocycles. The van der Waals surface area contributed by atoms with Gasteiger partial charge in [0.1, 0.15) is 5.82 Å². The number of amides is 1. The Hall–Kier alpha value is -3.01. The van der Waals surface area contributed by atoms with Crippen molar-refractivity contribution in [2.45, 2.75) is 34.1 Å². The van der Waals surface area contributed by atoms with Crippen molar-refractivity contribution >= 4 is 29.5 Å². The number of nitrogens with two attached hydrogens (primary N) is 1. The van der Waals surface area contributed by atoms with Crippen LogP contribution in [0.2, 0.25) is 0 Å². The van der Waals surface area contributed by atoms with E-state index in [1.54, 1.807) is 19.2 Å². The van der Waals surface area contributed by atoms with Gasteiger partial charge in [0.2, 0.25) is 0 Å². The van der Waals surface area contributed by atoms with Crippen LogP contribution in [0.15, 0.2) is 18.2 Å². The van der Waals surface area contributed by atoms with Crippen molar-refractivity contribution in [3.8, 4) is 0 Å². The van der Waals surface area contributed by atoms with E-state index < -0.39 is 5.82 Å². The fourth-order valence-electron chi connectivity index (χ4n) is 4.58. The Kier molecular flexibility index (Phi) is 12.5. The molecule has 0 unspecified atom stereocenters. The molecule has 2 heterocycles. The summed E-state index contributed by atoms with van der Waals surface area (Å²) in [6.45, 7) is 15.0. The largest absolute Gasteiger partial charge is 0.388 e. The number of allylic oxidation sites excluding steroid dienone is 1. The Labute approximate surface area is 220 Å². The highest BCUT2D eigenvalue weighted by molar-refractivity contribution is 6.15. The van der Waals surface area contributed by atoms with Crippen LogP contribution in [-0.2, 0) is 4.79 Å². The zero-order chi connectivity index (χ0) is 27.4. The van der Waals surface area contributed by atoms with Gasteiger partial charge in [0, 0.05) is 81.1 Å². The van der Waals surface area contributed by atoms with Crippen molar-refractivity contribution in [2.75, 3.05) is 64.7 Å². The SMILES string of the molecule is CC.CNc1ccc(F)cc1/C(C=O)=C/c1[nH]c(C)c(C(=O)NCCCN2CCN(CCN)CC2)c1C. The lowest BCUT2D eigenvalue weighted by atomic mass is 10.0. The van der Waals surface area contributed by atoms with Gasteiger partial charge < -0.3 is 26.3 Å². The molecule has 5 N–H and O–H groups in total. The number of hydrogen-bond acceptors (Lipinski definition) is 6. The van der Waals surface area contributed by atoms with Crippen molar-refractivity contribution in [1.29, 1.82) is 0 Å². The summed E-state index contributed by atoms with van der Waals surface area (Å²) in [7, 11) is 1.72. The predicted octanol–water partition coefficient (Wildman–Crippen LogP) is 3.27. The van der Waals surface area contributed by atoms with Gasteiger partial charge in [-0.2, -0.15) is 0 Å². The van der Waals surface area contributed by atoms with Crippen LogP contribution in [-0.4, -0.2) is 86.4 Å². The van der Waals surface area contributed by atoms with E-state index in [1.807, 2.05) is 27.7 Å². The molecule has 37 heavy (non-hydrogen) atoms. The number of halogens is 1. The summed E-state index contributed by atoms with van der Waals surface area (Å²) in [6.07, 6.45) is 3.23. The van der Waals surface area contributed by atoms with Gasteiger partial charge in [-0.15, -0.1) is 0 Å². The number of aryl methyl sites for hydroxylation is 1. The zero-order valence-electron chi connectivity index (χ0n) is 22.9. The number of benzene rings is 1. The Morgan fingerprint density at radius 3 is 2.38 bits per heavy atom. The predicted molar refractivity (Wildman–Crippen MR) is 150 cm³/mol. The standard InChI is InChI=1S/C26H37FN6O2.C2H6/c1-18-24(15-20(17-34)22-16-21(27)5-6-23(22)29-3)31-19(2)25(18)26(35)30-8-4-9-32-11-13-33(10-7-28)14-12-32;1-2/h5-6,15-17,29,31H,4,7-14,28H2,1-3H3,(H,30,35);1-2H3/b20-15+;. The van der Waals surface area contributed by atoms with Crippen molar-refractivity contribution in [1.82, 2.24) is 20.1 Å². The van der Waals surface area contributed by atoms with E-state index in [9.17, 15) is 14.0 Å². The van der Waals surface area contributed by atoms with Crippen LogP contribution in [0.1, 0.15) is 53.1 Å². The number of carbonyl (C=O) groups excluding carboxylic acids is 2. The number of nitrogens with one attached hydrogen (secondary N) is 3. The van der Waals surface area contributed by atoms with Crippen molar-refractivity contribution in [3.63, 3.8) is 0 Å². The minimum Gasteiger partial charge on any atom is -0.388 e. The van der Waals surface area contributed by atoms with Gasteiger partial charge in [-0.25, -0.2) is 4.39 Å². The fourth-order valence-corrected chi connectivity index (χ4v) is 4.58. The van der Waals surface area contributed by atoms with E-state index in [-0.39, 0.29) is 5.91 Å².